The quantitative estimate of drug-likeness (QED) is 0.449. The molecule has 1 saturated heterocycles. The lowest BCUT2D eigenvalue weighted by molar-refractivity contribution is -0.140. The zero-order valence-corrected chi connectivity index (χ0v) is 18.0. The molecule has 0 aromatic heterocycles. The number of rotatable bonds is 7. The summed E-state index contributed by atoms with van der Waals surface area (Å²) in [5.41, 5.74) is 1.29. The second-order valence-corrected chi connectivity index (χ2v) is 7.44. The Labute approximate surface area is 185 Å². The number of hydrogen-bond donors (Lipinski definition) is 2. The molecular formula is C20H16BrClN2O6. The van der Waals surface area contributed by atoms with Crippen LogP contribution in [0.5, 0.6) is 11.5 Å². The molecule has 1 aliphatic heterocycles. The van der Waals surface area contributed by atoms with Gasteiger partial charge in [0.15, 0.2) is 11.5 Å². The number of aliphatic carboxylic acids is 1. The van der Waals surface area contributed by atoms with Gasteiger partial charge in [0.1, 0.15) is 18.8 Å². The number of nitrogens with zero attached hydrogens (tertiary/aromatic N) is 1. The molecule has 1 heterocycles. The van der Waals surface area contributed by atoms with Crippen molar-refractivity contribution in [3.63, 3.8) is 0 Å². The van der Waals surface area contributed by atoms with E-state index in [2.05, 4.69) is 21.2 Å². The van der Waals surface area contributed by atoms with Crippen LogP contribution in [0.25, 0.3) is 6.08 Å². The highest BCUT2D eigenvalue weighted by Gasteiger charge is 2.35. The number of nitrogens with one attached hydrogen (secondary N) is 1. The van der Waals surface area contributed by atoms with Gasteiger partial charge in [-0.05, 0) is 29.8 Å². The van der Waals surface area contributed by atoms with Crippen LogP contribution in [0.15, 0.2) is 46.6 Å². The van der Waals surface area contributed by atoms with E-state index in [9.17, 15) is 14.4 Å². The molecule has 0 spiro atoms. The summed E-state index contributed by atoms with van der Waals surface area (Å²) in [5.74, 6) is -1.17. The number of carboxylic acid groups (broad SMARTS) is 1. The van der Waals surface area contributed by atoms with Crippen molar-refractivity contribution >= 4 is 51.5 Å². The summed E-state index contributed by atoms with van der Waals surface area (Å²) in [5, 5.41) is 11.8. The summed E-state index contributed by atoms with van der Waals surface area (Å²) in [6.45, 7) is -0.497. The first-order valence-corrected chi connectivity index (χ1v) is 9.77. The third-order valence-electron chi connectivity index (χ3n) is 4.18. The zero-order chi connectivity index (χ0) is 21.8. The van der Waals surface area contributed by atoms with Crippen molar-refractivity contribution < 1.29 is 29.0 Å². The number of carboxylic acids is 1. The first kappa shape index (κ1) is 21.7. The van der Waals surface area contributed by atoms with Crippen LogP contribution in [0.1, 0.15) is 11.1 Å². The summed E-state index contributed by atoms with van der Waals surface area (Å²) in [4.78, 5) is 35.6. The number of carbonyl (C=O) groups excluding carboxylic acids is 2. The average Bonchev–Trinajstić information content (AvgIpc) is 2.96. The predicted octanol–water partition coefficient (Wildman–Crippen LogP) is 3.67. The van der Waals surface area contributed by atoms with Gasteiger partial charge in [-0.25, -0.2) is 9.69 Å². The Hall–Kier alpha value is -3.04. The van der Waals surface area contributed by atoms with Crippen LogP contribution in [-0.4, -0.2) is 41.6 Å². The highest BCUT2D eigenvalue weighted by atomic mass is 79.9. The van der Waals surface area contributed by atoms with Crippen LogP contribution >= 0.6 is 27.5 Å². The monoisotopic (exact) mass is 494 g/mol. The third-order valence-corrected chi connectivity index (χ3v) is 5.23. The number of methoxy groups -OCH3 is 1. The van der Waals surface area contributed by atoms with Gasteiger partial charge in [0.05, 0.1) is 7.11 Å². The molecule has 30 heavy (non-hydrogen) atoms. The first-order valence-electron chi connectivity index (χ1n) is 8.60. The van der Waals surface area contributed by atoms with E-state index in [1.807, 2.05) is 18.2 Å². The summed E-state index contributed by atoms with van der Waals surface area (Å²) in [6, 6.07) is 9.79. The lowest BCUT2D eigenvalue weighted by Gasteiger charge is -2.13. The number of imide groups is 1. The molecule has 1 aliphatic rings. The van der Waals surface area contributed by atoms with Gasteiger partial charge in [0.2, 0.25) is 0 Å². The minimum Gasteiger partial charge on any atom is -0.493 e. The van der Waals surface area contributed by atoms with E-state index in [-0.39, 0.29) is 12.3 Å². The molecule has 0 bridgehead atoms. The van der Waals surface area contributed by atoms with Crippen LogP contribution in [0.2, 0.25) is 5.02 Å². The Morgan fingerprint density at radius 1 is 1.27 bits per heavy atom. The Kier molecular flexibility index (Phi) is 6.63. The summed E-state index contributed by atoms with van der Waals surface area (Å²) < 4.78 is 11.8. The van der Waals surface area contributed by atoms with E-state index >= 15 is 0 Å². The predicted molar refractivity (Wildman–Crippen MR) is 112 cm³/mol. The van der Waals surface area contributed by atoms with Gasteiger partial charge in [0, 0.05) is 15.1 Å². The molecule has 3 rings (SSSR count). The second-order valence-electron chi connectivity index (χ2n) is 6.18. The Morgan fingerprint density at radius 3 is 2.67 bits per heavy atom. The van der Waals surface area contributed by atoms with Crippen molar-refractivity contribution in [2.24, 2.45) is 0 Å². The van der Waals surface area contributed by atoms with Gasteiger partial charge in [0.25, 0.3) is 5.91 Å². The average molecular weight is 496 g/mol. The van der Waals surface area contributed by atoms with Crippen molar-refractivity contribution in [3.8, 4) is 11.5 Å². The van der Waals surface area contributed by atoms with E-state index in [0.29, 0.717) is 31.5 Å². The highest BCUT2D eigenvalue weighted by Crippen LogP contribution is 2.35. The number of carbonyl (C=O) groups is 3. The topological polar surface area (TPSA) is 105 Å². The number of halogens is 2. The van der Waals surface area contributed by atoms with Crippen molar-refractivity contribution in [2.75, 3.05) is 13.7 Å². The molecule has 0 aliphatic carbocycles. The molecule has 1 fully saturated rings. The van der Waals surface area contributed by atoms with Crippen molar-refractivity contribution in [3.05, 3.63) is 62.7 Å². The van der Waals surface area contributed by atoms with E-state index in [0.717, 1.165) is 5.56 Å². The minimum absolute atomic E-state index is 0.0475. The minimum atomic E-state index is -1.29. The lowest BCUT2D eigenvalue weighted by Crippen LogP contribution is -2.35. The Morgan fingerprint density at radius 2 is 2.00 bits per heavy atom. The van der Waals surface area contributed by atoms with Gasteiger partial charge in [-0.2, -0.15) is 0 Å². The van der Waals surface area contributed by atoms with E-state index in [1.165, 1.54) is 13.2 Å². The number of benzene rings is 2. The van der Waals surface area contributed by atoms with Crippen molar-refractivity contribution in [1.29, 1.82) is 0 Å². The molecule has 2 N–H and O–H groups in total. The third kappa shape index (κ3) is 4.74. The van der Waals surface area contributed by atoms with Gasteiger partial charge in [-0.15, -0.1) is 0 Å². The molecule has 156 valence electrons. The molecule has 0 saturated carbocycles. The molecule has 2 aromatic rings. The fourth-order valence-corrected chi connectivity index (χ4v) is 3.34. The maximum Gasteiger partial charge on any atom is 0.329 e. The first-order chi connectivity index (χ1) is 14.3. The van der Waals surface area contributed by atoms with E-state index < -0.39 is 24.5 Å². The number of amides is 3. The molecule has 0 atom stereocenters. The number of hydrogen-bond acceptors (Lipinski definition) is 5. The van der Waals surface area contributed by atoms with E-state index in [1.54, 1.807) is 18.2 Å². The standard InChI is InChI=1S/C20H16BrClN2O6/c1-29-16-7-12(6-15-19(27)24(9-18(25)26)20(28)23-15)13(21)8-17(16)30-10-11-4-2-3-5-14(11)22/h2-8H,9-10H2,1H3,(H,23,28)(H,25,26)/b15-6+. The van der Waals surface area contributed by atoms with Gasteiger partial charge >= 0.3 is 12.0 Å². The van der Waals surface area contributed by atoms with Crippen LogP contribution in [0.3, 0.4) is 0 Å². The van der Waals surface area contributed by atoms with Crippen LogP contribution < -0.4 is 14.8 Å². The molecule has 2 aromatic carbocycles. The van der Waals surface area contributed by atoms with Gasteiger partial charge in [-0.1, -0.05) is 45.7 Å². The highest BCUT2D eigenvalue weighted by molar-refractivity contribution is 9.10. The lowest BCUT2D eigenvalue weighted by atomic mass is 10.1. The number of urea groups is 1. The van der Waals surface area contributed by atoms with Gasteiger partial charge < -0.3 is 19.9 Å². The molecule has 0 unspecified atom stereocenters. The molecular weight excluding hydrogens is 480 g/mol. The second kappa shape index (κ2) is 9.19. The maximum absolute atomic E-state index is 12.3. The van der Waals surface area contributed by atoms with E-state index in [4.69, 9.17) is 26.2 Å². The molecule has 8 nitrogen and oxygen atoms in total. The van der Waals surface area contributed by atoms with Gasteiger partial charge in [-0.3, -0.25) is 9.59 Å². The SMILES string of the molecule is COc1cc(/C=C2/NC(=O)N(CC(=O)O)C2=O)c(Br)cc1OCc1ccccc1Cl. The molecule has 10 heteroatoms. The largest absolute Gasteiger partial charge is 0.493 e. The molecule has 0 radical (unpaired) electrons. The van der Waals surface area contributed by atoms with Crippen LogP contribution in [0.4, 0.5) is 4.79 Å². The van der Waals surface area contributed by atoms with Crippen molar-refractivity contribution in [1.82, 2.24) is 10.2 Å². The summed E-state index contributed by atoms with van der Waals surface area (Å²) >= 11 is 9.56. The Balaban J connectivity index is 1.84. The zero-order valence-electron chi connectivity index (χ0n) is 15.6. The normalized spacial score (nSPS) is 14.8. The van der Waals surface area contributed by atoms with Crippen LogP contribution in [0, 0.1) is 0 Å². The van der Waals surface area contributed by atoms with Crippen LogP contribution in [-0.2, 0) is 16.2 Å². The summed E-state index contributed by atoms with van der Waals surface area (Å²) in [7, 11) is 1.47. The maximum atomic E-state index is 12.3. The fraction of sp³-hybridized carbons (Fsp3) is 0.150. The fourth-order valence-electron chi connectivity index (χ4n) is 2.71. The smallest absolute Gasteiger partial charge is 0.329 e. The Bertz CT molecular complexity index is 1060. The molecule has 3 amide bonds. The van der Waals surface area contributed by atoms with Crippen molar-refractivity contribution in [2.45, 2.75) is 6.61 Å². The summed E-state index contributed by atoms with van der Waals surface area (Å²) in [6.07, 6.45) is 1.42. The number of ether oxygens (including phenoxy) is 2.